The molecule has 0 fully saturated rings. The van der Waals surface area contributed by atoms with Gasteiger partial charge in [0, 0.05) is 12.2 Å². The Hall–Kier alpha value is -0.800. The third-order valence-electron chi connectivity index (χ3n) is 2.89. The Balaban J connectivity index is 2.62. The summed E-state index contributed by atoms with van der Waals surface area (Å²) in [4.78, 5) is 15.8. The number of aromatic nitrogens is 1. The topological polar surface area (TPSA) is 42.0 Å². The van der Waals surface area contributed by atoms with Crippen LogP contribution < -0.4 is 5.32 Å². The molecule has 3 nitrogen and oxygen atoms in total. The van der Waals surface area contributed by atoms with Crippen LogP contribution in [0.3, 0.4) is 0 Å². The summed E-state index contributed by atoms with van der Waals surface area (Å²) < 4.78 is 0. The van der Waals surface area contributed by atoms with Crippen molar-refractivity contribution in [2.24, 2.45) is 5.92 Å². The Labute approximate surface area is 118 Å². The number of hydrogen-bond donors (Lipinski definition) is 1. The Morgan fingerprint density at radius 1 is 1.44 bits per heavy atom. The third-order valence-corrected chi connectivity index (χ3v) is 3.57. The van der Waals surface area contributed by atoms with Crippen molar-refractivity contribution in [1.82, 2.24) is 10.3 Å². The van der Waals surface area contributed by atoms with Crippen molar-refractivity contribution in [2.75, 3.05) is 0 Å². The Kier molecular flexibility index (Phi) is 5.89. The first-order chi connectivity index (χ1) is 8.43. The Morgan fingerprint density at radius 2 is 2.11 bits per heavy atom. The minimum Gasteiger partial charge on any atom is -0.350 e. The largest absolute Gasteiger partial charge is 0.350 e. The van der Waals surface area contributed by atoms with E-state index in [0.29, 0.717) is 16.5 Å². The fourth-order valence-corrected chi connectivity index (χ4v) is 1.95. The van der Waals surface area contributed by atoms with Crippen molar-refractivity contribution in [2.45, 2.75) is 39.7 Å². The third kappa shape index (κ3) is 4.46. The number of nitrogens with zero attached hydrogens (tertiary/aromatic N) is 1. The molecule has 0 saturated carbocycles. The van der Waals surface area contributed by atoms with E-state index in [-0.39, 0.29) is 17.1 Å². The maximum absolute atomic E-state index is 11.9. The van der Waals surface area contributed by atoms with Gasteiger partial charge in [0.1, 0.15) is 5.15 Å². The van der Waals surface area contributed by atoms with Crippen molar-refractivity contribution in [3.8, 4) is 0 Å². The van der Waals surface area contributed by atoms with E-state index in [9.17, 15) is 4.79 Å². The van der Waals surface area contributed by atoms with Crippen molar-refractivity contribution >= 4 is 29.1 Å². The van der Waals surface area contributed by atoms with Crippen LogP contribution in [0.1, 0.15) is 44.0 Å². The quantitative estimate of drug-likeness (QED) is 0.834. The molecule has 0 aliphatic rings. The first kappa shape index (κ1) is 15.3. The predicted octanol–water partition coefficient (Wildman–Crippen LogP) is 3.94. The van der Waals surface area contributed by atoms with Gasteiger partial charge in [-0.3, -0.25) is 4.79 Å². The maximum Gasteiger partial charge on any atom is 0.253 e. The highest BCUT2D eigenvalue weighted by atomic mass is 35.5. The van der Waals surface area contributed by atoms with Gasteiger partial charge < -0.3 is 5.32 Å². The summed E-state index contributed by atoms with van der Waals surface area (Å²) in [6, 6.07) is 1.66. The first-order valence-electron chi connectivity index (χ1n) is 6.06. The maximum atomic E-state index is 11.9. The fraction of sp³-hybridized carbons (Fsp3) is 0.538. The molecular weight excluding hydrogens is 271 g/mol. The van der Waals surface area contributed by atoms with Gasteiger partial charge in [-0.1, -0.05) is 43.5 Å². The van der Waals surface area contributed by atoms with Crippen LogP contribution >= 0.6 is 23.2 Å². The molecular formula is C13H18Cl2N2O. The average molecular weight is 289 g/mol. The number of carbonyl (C=O) groups is 1. The molecule has 0 spiro atoms. The summed E-state index contributed by atoms with van der Waals surface area (Å²) in [6.07, 6.45) is 3.49. The molecule has 5 heteroatoms. The molecule has 0 aliphatic heterocycles. The normalized spacial score (nSPS) is 14.1. The summed E-state index contributed by atoms with van der Waals surface area (Å²) >= 11 is 11.5. The van der Waals surface area contributed by atoms with Gasteiger partial charge in [-0.05, 0) is 25.3 Å². The van der Waals surface area contributed by atoms with E-state index in [0.717, 1.165) is 12.8 Å². The van der Waals surface area contributed by atoms with Gasteiger partial charge >= 0.3 is 0 Å². The van der Waals surface area contributed by atoms with Gasteiger partial charge in [-0.2, -0.15) is 0 Å². The zero-order valence-electron chi connectivity index (χ0n) is 10.8. The minimum absolute atomic E-state index is 0.127. The van der Waals surface area contributed by atoms with Crippen molar-refractivity contribution in [3.05, 3.63) is 28.0 Å². The lowest BCUT2D eigenvalue weighted by atomic mass is 10.0. The van der Waals surface area contributed by atoms with Crippen LogP contribution in [0.15, 0.2) is 12.3 Å². The number of hydrogen-bond acceptors (Lipinski definition) is 2. The highest BCUT2D eigenvalue weighted by Gasteiger charge is 2.13. The average Bonchev–Trinajstić information content (AvgIpc) is 2.32. The molecule has 0 aromatic carbocycles. The Morgan fingerprint density at radius 3 is 2.67 bits per heavy atom. The SMILES string of the molecule is CCC(C)CC(C)NC(=O)c1cnc(Cl)c(Cl)c1. The van der Waals surface area contributed by atoms with Crippen LogP contribution in [-0.4, -0.2) is 16.9 Å². The second kappa shape index (κ2) is 6.95. The van der Waals surface area contributed by atoms with Crippen molar-refractivity contribution in [1.29, 1.82) is 0 Å². The lowest BCUT2D eigenvalue weighted by Crippen LogP contribution is -2.33. The second-order valence-electron chi connectivity index (χ2n) is 4.62. The first-order valence-corrected chi connectivity index (χ1v) is 6.81. The number of pyridine rings is 1. The summed E-state index contributed by atoms with van der Waals surface area (Å²) in [6.45, 7) is 6.31. The van der Waals surface area contributed by atoms with E-state index in [1.54, 1.807) is 0 Å². The lowest BCUT2D eigenvalue weighted by molar-refractivity contribution is 0.0935. The highest BCUT2D eigenvalue weighted by Crippen LogP contribution is 2.19. The van der Waals surface area contributed by atoms with Gasteiger partial charge in [0.2, 0.25) is 0 Å². The zero-order valence-corrected chi connectivity index (χ0v) is 12.3. The summed E-state index contributed by atoms with van der Waals surface area (Å²) in [5.74, 6) is 0.420. The number of rotatable bonds is 5. The van der Waals surface area contributed by atoms with E-state index < -0.39 is 0 Å². The number of nitrogens with one attached hydrogen (secondary N) is 1. The van der Waals surface area contributed by atoms with Crippen molar-refractivity contribution in [3.63, 3.8) is 0 Å². The lowest BCUT2D eigenvalue weighted by Gasteiger charge is -2.17. The standard InChI is InChI=1S/C13H18Cl2N2O/c1-4-8(2)5-9(3)17-13(18)10-6-11(14)12(15)16-7-10/h6-9H,4-5H2,1-3H3,(H,17,18). The van der Waals surface area contributed by atoms with Crippen molar-refractivity contribution < 1.29 is 4.79 Å². The molecule has 1 amide bonds. The van der Waals surface area contributed by atoms with Gasteiger partial charge in [0.25, 0.3) is 5.91 Å². The number of carbonyl (C=O) groups excluding carboxylic acids is 1. The molecule has 100 valence electrons. The molecule has 1 aromatic rings. The smallest absolute Gasteiger partial charge is 0.253 e. The summed E-state index contributed by atoms with van der Waals surface area (Å²) in [7, 11) is 0. The molecule has 0 radical (unpaired) electrons. The molecule has 2 atom stereocenters. The summed E-state index contributed by atoms with van der Waals surface area (Å²) in [5.41, 5.74) is 0.431. The predicted molar refractivity (Wildman–Crippen MR) is 75.3 cm³/mol. The molecule has 1 heterocycles. The fourth-order valence-electron chi connectivity index (χ4n) is 1.68. The Bertz CT molecular complexity index is 423. The van der Waals surface area contributed by atoms with Gasteiger partial charge in [-0.25, -0.2) is 4.98 Å². The van der Waals surface area contributed by atoms with Crippen LogP contribution in [0.5, 0.6) is 0 Å². The molecule has 2 unspecified atom stereocenters. The van der Waals surface area contributed by atoms with Crippen LogP contribution in [-0.2, 0) is 0 Å². The van der Waals surface area contributed by atoms with Crippen LogP contribution in [0.25, 0.3) is 0 Å². The van der Waals surface area contributed by atoms with Crippen LogP contribution in [0.2, 0.25) is 10.2 Å². The van der Waals surface area contributed by atoms with Gasteiger partial charge in [0.15, 0.2) is 0 Å². The molecule has 1 aromatic heterocycles. The molecule has 0 saturated heterocycles. The van der Waals surface area contributed by atoms with Crippen LogP contribution in [0, 0.1) is 5.92 Å². The molecule has 18 heavy (non-hydrogen) atoms. The van der Waals surface area contributed by atoms with E-state index in [1.807, 2.05) is 6.92 Å². The second-order valence-corrected chi connectivity index (χ2v) is 5.39. The molecule has 1 N–H and O–H groups in total. The molecule has 0 bridgehead atoms. The number of amides is 1. The highest BCUT2D eigenvalue weighted by molar-refractivity contribution is 6.41. The summed E-state index contributed by atoms with van der Waals surface area (Å²) in [5, 5.41) is 3.43. The minimum atomic E-state index is -0.170. The molecule has 0 aliphatic carbocycles. The van der Waals surface area contributed by atoms with Gasteiger partial charge in [0.05, 0.1) is 10.6 Å². The van der Waals surface area contributed by atoms with E-state index in [1.165, 1.54) is 12.3 Å². The van der Waals surface area contributed by atoms with E-state index in [4.69, 9.17) is 23.2 Å². The zero-order chi connectivity index (χ0) is 13.7. The van der Waals surface area contributed by atoms with E-state index in [2.05, 4.69) is 24.1 Å². The molecule has 1 rings (SSSR count). The van der Waals surface area contributed by atoms with E-state index >= 15 is 0 Å². The number of halogens is 2. The van der Waals surface area contributed by atoms with Gasteiger partial charge in [-0.15, -0.1) is 0 Å². The monoisotopic (exact) mass is 288 g/mol. The van der Waals surface area contributed by atoms with Crippen LogP contribution in [0.4, 0.5) is 0 Å².